The molecule has 3 rings (SSSR count). The highest BCUT2D eigenvalue weighted by Crippen LogP contribution is 2.37. The van der Waals surface area contributed by atoms with Crippen molar-refractivity contribution >= 4 is 51.7 Å². The minimum Gasteiger partial charge on any atom is -0.497 e. The summed E-state index contributed by atoms with van der Waals surface area (Å²) in [5.41, 5.74) is 1.36. The molecule has 2 aromatic rings. The minimum absolute atomic E-state index is 0.225. The molecule has 1 fully saturated rings. The van der Waals surface area contributed by atoms with Crippen LogP contribution in [-0.4, -0.2) is 38.9 Å². The summed E-state index contributed by atoms with van der Waals surface area (Å²) >= 11 is 12.8. The molecule has 8 heteroatoms. The Labute approximate surface area is 184 Å². The third-order valence-corrected chi connectivity index (χ3v) is 6.54. The van der Waals surface area contributed by atoms with Gasteiger partial charge in [0, 0.05) is 15.3 Å². The summed E-state index contributed by atoms with van der Waals surface area (Å²) in [7, 11) is 1.60. The van der Waals surface area contributed by atoms with Gasteiger partial charge in [0.1, 0.15) is 16.1 Å². The maximum absolute atomic E-state index is 13.3. The van der Waals surface area contributed by atoms with E-state index in [1.807, 2.05) is 38.1 Å². The standard InChI is InChI=1S/C21H21ClN2O3S2/c1-21(2)17(23-18(25)14-6-8-15(22)9-7-14)19(26)24(20(28)29-21)12-13-4-10-16(27-3)11-5-13/h4-11,17H,12H2,1-3H3,(H,23,25). The van der Waals surface area contributed by atoms with Gasteiger partial charge in [0.05, 0.1) is 13.7 Å². The molecule has 0 bridgehead atoms. The van der Waals surface area contributed by atoms with Crippen molar-refractivity contribution in [3.8, 4) is 5.75 Å². The Hall–Kier alpha value is -2.09. The Kier molecular flexibility index (Phi) is 6.51. The molecule has 1 aliphatic heterocycles. The molecule has 5 nitrogen and oxygen atoms in total. The first-order valence-corrected chi connectivity index (χ1v) is 10.6. The zero-order valence-electron chi connectivity index (χ0n) is 16.3. The Morgan fingerprint density at radius 1 is 1.21 bits per heavy atom. The second-order valence-electron chi connectivity index (χ2n) is 7.16. The van der Waals surface area contributed by atoms with Gasteiger partial charge in [0.25, 0.3) is 11.8 Å². The zero-order chi connectivity index (χ0) is 21.2. The first-order chi connectivity index (χ1) is 13.7. The molecule has 1 unspecified atom stereocenters. The lowest BCUT2D eigenvalue weighted by atomic mass is 10.00. The summed E-state index contributed by atoms with van der Waals surface area (Å²) in [6.07, 6.45) is 0. The zero-order valence-corrected chi connectivity index (χ0v) is 18.7. The highest BCUT2D eigenvalue weighted by molar-refractivity contribution is 8.24. The molecule has 1 aliphatic rings. The van der Waals surface area contributed by atoms with E-state index >= 15 is 0 Å². The van der Waals surface area contributed by atoms with Crippen LogP contribution in [0.3, 0.4) is 0 Å². The summed E-state index contributed by atoms with van der Waals surface area (Å²) in [6, 6.07) is 13.3. The average Bonchev–Trinajstić information content (AvgIpc) is 2.69. The largest absolute Gasteiger partial charge is 0.497 e. The number of thiocarbonyl (C=S) groups is 1. The van der Waals surface area contributed by atoms with Gasteiger partial charge in [0.2, 0.25) is 0 Å². The topological polar surface area (TPSA) is 58.6 Å². The Bertz CT molecular complexity index is 930. The fourth-order valence-electron chi connectivity index (χ4n) is 2.99. The van der Waals surface area contributed by atoms with Crippen molar-refractivity contribution in [2.75, 3.05) is 7.11 Å². The van der Waals surface area contributed by atoms with Gasteiger partial charge < -0.3 is 10.1 Å². The molecular weight excluding hydrogens is 428 g/mol. The van der Waals surface area contributed by atoms with Crippen LogP contribution in [-0.2, 0) is 11.3 Å². The van der Waals surface area contributed by atoms with Gasteiger partial charge in [-0.15, -0.1) is 0 Å². The Morgan fingerprint density at radius 3 is 2.41 bits per heavy atom. The number of amides is 2. The van der Waals surface area contributed by atoms with Crippen molar-refractivity contribution < 1.29 is 14.3 Å². The molecule has 1 atom stereocenters. The number of carbonyl (C=O) groups is 2. The number of ether oxygens (including phenoxy) is 1. The first-order valence-electron chi connectivity index (χ1n) is 8.95. The van der Waals surface area contributed by atoms with Crippen molar-refractivity contribution in [2.45, 2.75) is 31.2 Å². The first kappa shape index (κ1) is 21.6. The van der Waals surface area contributed by atoms with Gasteiger partial charge >= 0.3 is 0 Å². The highest BCUT2D eigenvalue weighted by Gasteiger charge is 2.46. The van der Waals surface area contributed by atoms with E-state index < -0.39 is 10.8 Å². The van der Waals surface area contributed by atoms with Crippen LogP contribution in [0.2, 0.25) is 5.02 Å². The van der Waals surface area contributed by atoms with E-state index in [9.17, 15) is 9.59 Å². The number of nitrogens with one attached hydrogen (secondary N) is 1. The summed E-state index contributed by atoms with van der Waals surface area (Å²) in [6.45, 7) is 4.14. The van der Waals surface area contributed by atoms with Crippen molar-refractivity contribution in [1.82, 2.24) is 10.2 Å². The van der Waals surface area contributed by atoms with E-state index in [4.69, 9.17) is 28.6 Å². The molecule has 0 spiro atoms. The fraction of sp³-hybridized carbons (Fsp3) is 0.286. The lowest BCUT2D eigenvalue weighted by Gasteiger charge is -2.42. The summed E-state index contributed by atoms with van der Waals surface area (Å²) in [4.78, 5) is 27.5. The number of rotatable bonds is 5. The molecule has 1 heterocycles. The summed E-state index contributed by atoms with van der Waals surface area (Å²) in [5, 5.41) is 3.42. The van der Waals surface area contributed by atoms with Crippen LogP contribution >= 0.6 is 35.6 Å². The van der Waals surface area contributed by atoms with E-state index in [-0.39, 0.29) is 11.8 Å². The molecule has 0 saturated carbocycles. The van der Waals surface area contributed by atoms with E-state index in [1.165, 1.54) is 11.8 Å². The molecule has 29 heavy (non-hydrogen) atoms. The number of hydrogen-bond donors (Lipinski definition) is 1. The van der Waals surface area contributed by atoms with Crippen molar-refractivity contribution in [2.24, 2.45) is 0 Å². The maximum Gasteiger partial charge on any atom is 0.252 e. The molecule has 2 amide bonds. The SMILES string of the molecule is COc1ccc(CN2C(=O)C(NC(=O)c3ccc(Cl)cc3)C(C)(C)SC2=S)cc1. The van der Waals surface area contributed by atoms with E-state index in [1.54, 1.807) is 36.3 Å². The molecule has 0 aliphatic carbocycles. The van der Waals surface area contributed by atoms with Crippen LogP contribution in [0.25, 0.3) is 0 Å². The van der Waals surface area contributed by atoms with E-state index in [0.717, 1.165) is 11.3 Å². The number of carbonyl (C=O) groups excluding carboxylic acids is 2. The monoisotopic (exact) mass is 448 g/mol. The lowest BCUT2D eigenvalue weighted by Crippen LogP contribution is -2.62. The predicted molar refractivity (Wildman–Crippen MR) is 121 cm³/mol. The lowest BCUT2D eigenvalue weighted by molar-refractivity contribution is -0.130. The van der Waals surface area contributed by atoms with Gasteiger partial charge in [-0.2, -0.15) is 0 Å². The molecule has 2 aromatic carbocycles. The molecule has 1 N–H and O–H groups in total. The second-order valence-corrected chi connectivity index (χ2v) is 9.88. The van der Waals surface area contributed by atoms with E-state index in [0.29, 0.717) is 21.5 Å². The van der Waals surface area contributed by atoms with E-state index in [2.05, 4.69) is 5.32 Å². The van der Waals surface area contributed by atoms with Gasteiger partial charge in [-0.25, -0.2) is 0 Å². The third kappa shape index (κ3) is 4.91. The number of nitrogens with zero attached hydrogens (tertiary/aromatic N) is 1. The maximum atomic E-state index is 13.3. The third-order valence-electron chi connectivity index (χ3n) is 4.66. The number of methoxy groups -OCH3 is 1. The second kappa shape index (κ2) is 8.73. The molecule has 0 radical (unpaired) electrons. The van der Waals surface area contributed by atoms with Crippen molar-refractivity contribution in [1.29, 1.82) is 0 Å². The molecule has 152 valence electrons. The molecular formula is C21H21ClN2O3S2. The summed E-state index contributed by atoms with van der Waals surface area (Å²) in [5.74, 6) is 0.188. The highest BCUT2D eigenvalue weighted by atomic mass is 35.5. The average molecular weight is 449 g/mol. The normalized spacial score (nSPS) is 18.5. The van der Waals surface area contributed by atoms with Crippen LogP contribution in [0, 0.1) is 0 Å². The summed E-state index contributed by atoms with van der Waals surface area (Å²) < 4.78 is 5.09. The number of thioether (sulfide) groups is 1. The molecule has 0 aromatic heterocycles. The van der Waals surface area contributed by atoms with Crippen molar-refractivity contribution in [3.63, 3.8) is 0 Å². The van der Waals surface area contributed by atoms with Crippen LogP contribution in [0.1, 0.15) is 29.8 Å². The predicted octanol–water partition coefficient (Wildman–Crippen LogP) is 4.29. The quantitative estimate of drug-likeness (QED) is 0.691. The number of halogens is 1. The van der Waals surface area contributed by atoms with Crippen LogP contribution in [0.4, 0.5) is 0 Å². The number of hydrogen-bond acceptors (Lipinski definition) is 5. The van der Waals surface area contributed by atoms with Crippen LogP contribution < -0.4 is 10.1 Å². The van der Waals surface area contributed by atoms with Gasteiger partial charge in [-0.3, -0.25) is 14.5 Å². The smallest absolute Gasteiger partial charge is 0.252 e. The van der Waals surface area contributed by atoms with Gasteiger partial charge in [-0.1, -0.05) is 47.7 Å². The van der Waals surface area contributed by atoms with Crippen LogP contribution in [0.15, 0.2) is 48.5 Å². The fourth-order valence-corrected chi connectivity index (χ4v) is 4.91. The Balaban J connectivity index is 1.79. The van der Waals surface area contributed by atoms with Gasteiger partial charge in [-0.05, 0) is 55.8 Å². The van der Waals surface area contributed by atoms with Gasteiger partial charge in [0.15, 0.2) is 0 Å². The Morgan fingerprint density at radius 2 is 1.83 bits per heavy atom. The molecule has 1 saturated heterocycles. The number of benzene rings is 2. The van der Waals surface area contributed by atoms with Crippen LogP contribution in [0.5, 0.6) is 5.75 Å². The minimum atomic E-state index is -0.722. The van der Waals surface area contributed by atoms with Crippen molar-refractivity contribution in [3.05, 3.63) is 64.7 Å².